The Kier molecular flexibility index (Phi) is 10.7. The summed E-state index contributed by atoms with van der Waals surface area (Å²) in [5.41, 5.74) is 19.6. The molecular formula is C59H60. The molecule has 59 heavy (non-hydrogen) atoms. The topological polar surface area (TPSA) is 0 Å². The van der Waals surface area contributed by atoms with Gasteiger partial charge in [-0.05, 0) is 132 Å². The average Bonchev–Trinajstić information content (AvgIpc) is 3.25. The van der Waals surface area contributed by atoms with Crippen LogP contribution in [0.2, 0.25) is 0 Å². The van der Waals surface area contributed by atoms with Crippen LogP contribution in [0.3, 0.4) is 0 Å². The van der Waals surface area contributed by atoms with Crippen molar-refractivity contribution in [3.8, 4) is 44.5 Å². The Morgan fingerprint density at radius 3 is 1.46 bits per heavy atom. The summed E-state index contributed by atoms with van der Waals surface area (Å²) >= 11 is 0. The molecule has 2 unspecified atom stereocenters. The van der Waals surface area contributed by atoms with Crippen LogP contribution in [0.4, 0.5) is 0 Å². The van der Waals surface area contributed by atoms with E-state index < -0.39 is 0 Å². The molecule has 0 fully saturated rings. The molecule has 2 atom stereocenters. The molecular weight excluding hydrogens is 709 g/mol. The monoisotopic (exact) mass is 768 g/mol. The highest BCUT2D eigenvalue weighted by Crippen LogP contribution is 2.66. The molecule has 0 saturated carbocycles. The highest BCUT2D eigenvalue weighted by molar-refractivity contribution is 6.16. The molecule has 7 aromatic rings. The predicted molar refractivity (Wildman–Crippen MR) is 257 cm³/mol. The molecule has 8 rings (SSSR count). The van der Waals surface area contributed by atoms with Crippen molar-refractivity contribution in [2.45, 2.75) is 81.1 Å². The summed E-state index contributed by atoms with van der Waals surface area (Å²) in [6.07, 6.45) is 7.37. The first-order valence-electron chi connectivity index (χ1n) is 21.7. The van der Waals surface area contributed by atoms with Gasteiger partial charge in [0.25, 0.3) is 0 Å². The van der Waals surface area contributed by atoms with Crippen LogP contribution in [0.5, 0.6) is 0 Å². The first-order valence-corrected chi connectivity index (χ1v) is 21.7. The van der Waals surface area contributed by atoms with E-state index >= 15 is 0 Å². The van der Waals surface area contributed by atoms with Gasteiger partial charge in [-0.15, -0.1) is 0 Å². The molecule has 0 radical (unpaired) electrons. The van der Waals surface area contributed by atoms with Gasteiger partial charge in [-0.3, -0.25) is 0 Å². The van der Waals surface area contributed by atoms with Gasteiger partial charge in [0.1, 0.15) is 0 Å². The fourth-order valence-corrected chi connectivity index (χ4v) is 11.4. The number of hydrogen-bond donors (Lipinski definition) is 0. The summed E-state index contributed by atoms with van der Waals surface area (Å²) < 4.78 is 0. The third-order valence-electron chi connectivity index (χ3n) is 13.7. The number of hydrogen-bond acceptors (Lipinski definition) is 0. The number of rotatable bonds is 8. The quantitative estimate of drug-likeness (QED) is 0.144. The fraction of sp³-hybridized carbons (Fsp3) is 0.254. The lowest BCUT2D eigenvalue weighted by Crippen LogP contribution is -2.47. The summed E-state index contributed by atoms with van der Waals surface area (Å²) in [7, 11) is 0. The molecule has 0 spiro atoms. The minimum Gasteiger partial charge on any atom is -0.0760 e. The zero-order valence-corrected chi connectivity index (χ0v) is 36.8. The van der Waals surface area contributed by atoms with Crippen LogP contribution >= 0.6 is 0 Å². The Hall–Kier alpha value is -5.72. The summed E-state index contributed by atoms with van der Waals surface area (Å²) in [4.78, 5) is 0. The summed E-state index contributed by atoms with van der Waals surface area (Å²) in [6.45, 7) is 24.3. The Morgan fingerprint density at radius 2 is 0.949 bits per heavy atom. The van der Waals surface area contributed by atoms with Gasteiger partial charge < -0.3 is 0 Å². The van der Waals surface area contributed by atoms with Crippen molar-refractivity contribution in [1.29, 1.82) is 0 Å². The van der Waals surface area contributed by atoms with E-state index in [-0.39, 0.29) is 16.7 Å². The molecule has 0 amide bonds. The molecule has 0 nitrogen and oxygen atoms in total. The van der Waals surface area contributed by atoms with Gasteiger partial charge in [0.15, 0.2) is 0 Å². The second kappa shape index (κ2) is 15.8. The van der Waals surface area contributed by atoms with E-state index in [4.69, 9.17) is 0 Å². The van der Waals surface area contributed by atoms with E-state index in [1.165, 1.54) is 94.2 Å². The van der Waals surface area contributed by atoms with Crippen LogP contribution in [-0.4, -0.2) is 0 Å². The maximum Gasteiger partial charge on any atom is 0.0138 e. The molecule has 0 bridgehead atoms. The number of benzene rings is 7. The molecule has 296 valence electrons. The maximum absolute atomic E-state index is 2.57. The average molecular weight is 769 g/mol. The first kappa shape index (κ1) is 40.1. The molecule has 0 saturated heterocycles. The second-order valence-electron chi connectivity index (χ2n) is 18.5. The van der Waals surface area contributed by atoms with Gasteiger partial charge in [-0.2, -0.15) is 0 Å². The summed E-state index contributed by atoms with van der Waals surface area (Å²) in [6, 6.07) is 54.2. The molecule has 0 heterocycles. The van der Waals surface area contributed by atoms with Crippen LogP contribution < -0.4 is 0 Å². The van der Waals surface area contributed by atoms with E-state index in [1.807, 2.05) is 0 Å². The molecule has 7 aromatic carbocycles. The zero-order chi connectivity index (χ0) is 41.6. The van der Waals surface area contributed by atoms with Crippen molar-refractivity contribution in [2.24, 2.45) is 16.7 Å². The summed E-state index contributed by atoms with van der Waals surface area (Å²) in [5.74, 6) is 0.702. The van der Waals surface area contributed by atoms with E-state index in [1.54, 1.807) is 0 Å². The van der Waals surface area contributed by atoms with E-state index in [2.05, 4.69) is 233 Å². The Morgan fingerprint density at radius 1 is 0.475 bits per heavy atom. The van der Waals surface area contributed by atoms with Gasteiger partial charge in [0, 0.05) is 11.3 Å². The SMILES string of the molecule is Cc1c(-c2ccccc2)c(C2C=CC=C(c3ccccc3)C2(C(C)C)C(C)(C)C)c2c(-c3ccccc3)c(-c3ccccc3)c(-c3ccccc3C(C)C)c(C)c2c1C. The predicted octanol–water partition coefficient (Wildman–Crippen LogP) is 17.0. The Labute approximate surface area is 354 Å². The smallest absolute Gasteiger partial charge is 0.0138 e. The van der Waals surface area contributed by atoms with Gasteiger partial charge in [-0.25, -0.2) is 0 Å². The van der Waals surface area contributed by atoms with Crippen LogP contribution in [0.15, 0.2) is 164 Å². The molecule has 0 aliphatic heterocycles. The van der Waals surface area contributed by atoms with Crippen molar-refractivity contribution in [1.82, 2.24) is 0 Å². The normalized spacial score (nSPS) is 16.9. The molecule has 0 N–H and O–H groups in total. The van der Waals surface area contributed by atoms with Gasteiger partial charge in [0.2, 0.25) is 0 Å². The van der Waals surface area contributed by atoms with Crippen LogP contribution in [0.1, 0.15) is 93.7 Å². The van der Waals surface area contributed by atoms with E-state index in [0.717, 1.165) is 0 Å². The fourth-order valence-electron chi connectivity index (χ4n) is 11.4. The molecule has 1 aliphatic rings. The van der Waals surface area contributed by atoms with Crippen LogP contribution in [0, 0.1) is 37.5 Å². The lowest BCUT2D eigenvalue weighted by Gasteiger charge is -2.56. The standard InChI is InChI=1S/C59H60/c1-38(2)47-34-23-24-35-48(47)53-42(7)51-40(5)41(6)52(44-28-17-12-18-29-44)56(57(51)55(46-32-21-14-22-33-46)54(53)45-30-19-13-20-31-45)50-37-25-36-49(43-26-15-11-16-27-43)59(50,39(3)4)58(8,9)10/h11-39,50H,1-10H3. The summed E-state index contributed by atoms with van der Waals surface area (Å²) in [5, 5.41) is 2.75. The molecule has 0 aromatic heterocycles. The Bertz CT molecular complexity index is 2680. The highest BCUT2D eigenvalue weighted by atomic mass is 14.6. The third kappa shape index (κ3) is 6.53. The number of allylic oxidation sites excluding steroid dienone is 4. The van der Waals surface area contributed by atoms with Gasteiger partial charge in [-0.1, -0.05) is 212 Å². The molecule has 1 aliphatic carbocycles. The van der Waals surface area contributed by atoms with Crippen molar-refractivity contribution in [2.75, 3.05) is 0 Å². The number of fused-ring (bicyclic) bond motifs is 1. The lowest BCUT2D eigenvalue weighted by atomic mass is 9.47. The van der Waals surface area contributed by atoms with Crippen LogP contribution in [-0.2, 0) is 0 Å². The van der Waals surface area contributed by atoms with Crippen molar-refractivity contribution >= 4 is 16.3 Å². The Balaban J connectivity index is 1.70. The second-order valence-corrected chi connectivity index (χ2v) is 18.5. The highest BCUT2D eigenvalue weighted by Gasteiger charge is 2.54. The van der Waals surface area contributed by atoms with Crippen molar-refractivity contribution in [3.63, 3.8) is 0 Å². The minimum atomic E-state index is -0.279. The largest absolute Gasteiger partial charge is 0.0760 e. The van der Waals surface area contributed by atoms with Gasteiger partial charge in [0.05, 0.1) is 0 Å². The van der Waals surface area contributed by atoms with Crippen LogP contribution in [0.25, 0.3) is 60.9 Å². The molecule has 0 heteroatoms. The van der Waals surface area contributed by atoms with Crippen molar-refractivity contribution < 1.29 is 0 Å². The minimum absolute atomic E-state index is 0.0407. The maximum atomic E-state index is 2.57. The van der Waals surface area contributed by atoms with E-state index in [9.17, 15) is 0 Å². The number of aryl methyl sites for hydroxylation is 2. The van der Waals surface area contributed by atoms with Crippen molar-refractivity contribution in [3.05, 3.63) is 197 Å². The van der Waals surface area contributed by atoms with E-state index in [0.29, 0.717) is 11.8 Å². The van der Waals surface area contributed by atoms with Gasteiger partial charge >= 0.3 is 0 Å². The third-order valence-corrected chi connectivity index (χ3v) is 13.7. The zero-order valence-electron chi connectivity index (χ0n) is 36.8. The lowest BCUT2D eigenvalue weighted by molar-refractivity contribution is 0.0798. The first-order chi connectivity index (χ1) is 28.4.